The maximum Gasteiger partial charge on any atom is 0.330 e. The molecule has 3 rings (SSSR count). The summed E-state index contributed by atoms with van der Waals surface area (Å²) in [6.45, 7) is -0.337. The van der Waals surface area contributed by atoms with E-state index in [0.717, 1.165) is 15.6 Å². The molecule has 3 N–H and O–H groups in total. The van der Waals surface area contributed by atoms with Crippen molar-refractivity contribution in [2.45, 2.75) is 31.5 Å². The van der Waals surface area contributed by atoms with Gasteiger partial charge in [-0.2, -0.15) is 4.39 Å². The Kier molecular flexibility index (Phi) is 7.09. The SMILES string of the molecule is NCC(=O)OC[C@H]1O[C@@H](n2cc(F)c(=O)[nH]c2=O)C[C@@H]1OCc1cc(Cl)c(Cl)s1. The van der Waals surface area contributed by atoms with Gasteiger partial charge in [-0.05, 0) is 6.07 Å². The Morgan fingerprint density at radius 3 is 2.86 bits per heavy atom. The van der Waals surface area contributed by atoms with E-state index in [1.54, 1.807) is 6.07 Å². The van der Waals surface area contributed by atoms with Crippen LogP contribution in [0.25, 0.3) is 0 Å². The first kappa shape index (κ1) is 21.9. The molecule has 1 fully saturated rings. The average Bonchev–Trinajstić information content (AvgIpc) is 3.23. The summed E-state index contributed by atoms with van der Waals surface area (Å²) in [6, 6.07) is 1.66. The summed E-state index contributed by atoms with van der Waals surface area (Å²) in [4.78, 5) is 37.2. The molecule has 2 aromatic heterocycles. The molecule has 1 saturated heterocycles. The van der Waals surface area contributed by atoms with Crippen LogP contribution >= 0.6 is 34.5 Å². The molecule has 0 amide bonds. The van der Waals surface area contributed by atoms with Crippen LogP contribution in [-0.2, 0) is 25.6 Å². The average molecular weight is 468 g/mol. The van der Waals surface area contributed by atoms with Crippen molar-refractivity contribution < 1.29 is 23.4 Å². The highest BCUT2D eigenvalue weighted by molar-refractivity contribution is 7.16. The first-order chi connectivity index (χ1) is 13.8. The smallest absolute Gasteiger partial charge is 0.330 e. The first-order valence-corrected chi connectivity index (χ1v) is 9.93. The number of thiophene rings is 1. The number of halogens is 3. The predicted molar refractivity (Wildman–Crippen MR) is 103 cm³/mol. The predicted octanol–water partition coefficient (Wildman–Crippen LogP) is 1.42. The van der Waals surface area contributed by atoms with Crippen LogP contribution in [0, 0.1) is 5.82 Å². The second kappa shape index (κ2) is 9.37. The summed E-state index contributed by atoms with van der Waals surface area (Å²) in [5.74, 6) is -1.77. The zero-order valence-corrected chi connectivity index (χ0v) is 17.1. The lowest BCUT2D eigenvalue weighted by Crippen LogP contribution is -2.34. The summed E-state index contributed by atoms with van der Waals surface area (Å²) >= 11 is 13.1. The van der Waals surface area contributed by atoms with E-state index in [2.05, 4.69) is 0 Å². The first-order valence-electron chi connectivity index (χ1n) is 8.36. The van der Waals surface area contributed by atoms with Crippen molar-refractivity contribution in [1.29, 1.82) is 0 Å². The van der Waals surface area contributed by atoms with Crippen LogP contribution in [0.3, 0.4) is 0 Å². The third kappa shape index (κ3) is 5.24. The van der Waals surface area contributed by atoms with Crippen molar-refractivity contribution in [1.82, 2.24) is 9.55 Å². The molecule has 0 aromatic carbocycles. The molecule has 1 aliphatic heterocycles. The molecule has 0 unspecified atom stereocenters. The molecule has 0 spiro atoms. The molecule has 1 aliphatic rings. The molecule has 158 valence electrons. The quantitative estimate of drug-likeness (QED) is 0.589. The lowest BCUT2D eigenvalue weighted by atomic mass is 10.2. The Morgan fingerprint density at radius 1 is 1.45 bits per heavy atom. The number of hydrogen-bond donors (Lipinski definition) is 2. The normalized spacial score (nSPS) is 21.4. The fourth-order valence-corrected chi connectivity index (χ4v) is 4.11. The van der Waals surface area contributed by atoms with E-state index in [4.69, 9.17) is 43.1 Å². The van der Waals surface area contributed by atoms with Gasteiger partial charge in [0.15, 0.2) is 0 Å². The highest BCUT2D eigenvalue weighted by Gasteiger charge is 2.38. The lowest BCUT2D eigenvalue weighted by Gasteiger charge is -2.18. The number of carbonyl (C=O) groups excluding carboxylic acids is 1. The number of aromatic amines is 1. The minimum Gasteiger partial charge on any atom is -0.462 e. The molecule has 9 nitrogen and oxygen atoms in total. The van der Waals surface area contributed by atoms with Crippen LogP contribution in [0.1, 0.15) is 17.5 Å². The Bertz CT molecular complexity index is 990. The van der Waals surface area contributed by atoms with Crippen LogP contribution in [0.5, 0.6) is 0 Å². The minimum atomic E-state index is -1.13. The van der Waals surface area contributed by atoms with E-state index in [9.17, 15) is 18.8 Å². The van der Waals surface area contributed by atoms with Gasteiger partial charge in [0.05, 0.1) is 30.5 Å². The minimum absolute atomic E-state index is 0.142. The van der Waals surface area contributed by atoms with Crippen LogP contribution in [0.15, 0.2) is 21.9 Å². The number of esters is 1. The van der Waals surface area contributed by atoms with E-state index < -0.39 is 41.5 Å². The summed E-state index contributed by atoms with van der Waals surface area (Å²) < 4.78 is 31.5. The number of nitrogens with two attached hydrogens (primary N) is 1. The number of hydrogen-bond acceptors (Lipinski definition) is 8. The number of nitrogens with zero attached hydrogens (tertiary/aromatic N) is 1. The van der Waals surface area contributed by atoms with Crippen molar-refractivity contribution in [2.24, 2.45) is 5.73 Å². The third-order valence-electron chi connectivity index (χ3n) is 4.13. The van der Waals surface area contributed by atoms with Gasteiger partial charge in [0.25, 0.3) is 5.56 Å². The summed E-state index contributed by atoms with van der Waals surface area (Å²) in [6.07, 6.45) is -1.38. The number of aromatic nitrogens is 2. The summed E-state index contributed by atoms with van der Waals surface area (Å²) in [5, 5.41) is 0.402. The van der Waals surface area contributed by atoms with Gasteiger partial charge in [-0.1, -0.05) is 23.2 Å². The second-order valence-electron chi connectivity index (χ2n) is 6.08. The molecule has 0 saturated carbocycles. The highest BCUT2D eigenvalue weighted by Crippen LogP contribution is 2.34. The fourth-order valence-electron chi connectivity index (χ4n) is 2.76. The van der Waals surface area contributed by atoms with Crippen LogP contribution in [-0.4, -0.2) is 40.9 Å². The van der Waals surface area contributed by atoms with Gasteiger partial charge in [-0.3, -0.25) is 19.1 Å². The molecule has 2 aromatic rings. The van der Waals surface area contributed by atoms with Crippen molar-refractivity contribution in [2.75, 3.05) is 13.2 Å². The van der Waals surface area contributed by atoms with Gasteiger partial charge in [-0.15, -0.1) is 11.3 Å². The van der Waals surface area contributed by atoms with Gasteiger partial charge in [-0.25, -0.2) is 4.79 Å². The Morgan fingerprint density at radius 2 is 2.21 bits per heavy atom. The number of carbonyl (C=O) groups is 1. The van der Waals surface area contributed by atoms with Gasteiger partial charge >= 0.3 is 11.7 Å². The van der Waals surface area contributed by atoms with E-state index >= 15 is 0 Å². The Balaban J connectivity index is 1.76. The topological polar surface area (TPSA) is 126 Å². The van der Waals surface area contributed by atoms with Gasteiger partial charge in [0, 0.05) is 11.3 Å². The van der Waals surface area contributed by atoms with E-state index in [1.165, 1.54) is 11.3 Å². The Hall–Kier alpha value is -1.76. The van der Waals surface area contributed by atoms with E-state index in [0.29, 0.717) is 9.36 Å². The van der Waals surface area contributed by atoms with Crippen molar-refractivity contribution in [3.8, 4) is 0 Å². The summed E-state index contributed by atoms with van der Waals surface area (Å²) in [5.41, 5.74) is 3.26. The zero-order valence-electron chi connectivity index (χ0n) is 14.7. The van der Waals surface area contributed by atoms with Crippen LogP contribution in [0.2, 0.25) is 9.36 Å². The molecule has 0 aliphatic carbocycles. The second-order valence-corrected chi connectivity index (χ2v) is 8.23. The Labute approximate surface area is 177 Å². The van der Waals surface area contributed by atoms with Gasteiger partial charge in [0.1, 0.15) is 23.3 Å². The maximum absolute atomic E-state index is 13.6. The largest absolute Gasteiger partial charge is 0.462 e. The molecular formula is C16H16Cl2FN3O6S. The zero-order chi connectivity index (χ0) is 21.1. The lowest BCUT2D eigenvalue weighted by molar-refractivity contribution is -0.149. The molecular weight excluding hydrogens is 452 g/mol. The molecule has 3 heterocycles. The fraction of sp³-hybridized carbons (Fsp3) is 0.438. The number of H-pyrrole nitrogens is 1. The van der Waals surface area contributed by atoms with Crippen LogP contribution in [0.4, 0.5) is 4.39 Å². The van der Waals surface area contributed by atoms with Crippen LogP contribution < -0.4 is 17.0 Å². The van der Waals surface area contributed by atoms with Crippen molar-refractivity contribution in [3.05, 3.63) is 53.2 Å². The van der Waals surface area contributed by atoms with Gasteiger partial charge in [0.2, 0.25) is 5.82 Å². The molecule has 0 radical (unpaired) electrons. The van der Waals surface area contributed by atoms with Gasteiger partial charge < -0.3 is 19.9 Å². The van der Waals surface area contributed by atoms with E-state index in [-0.39, 0.29) is 26.2 Å². The van der Waals surface area contributed by atoms with Crippen molar-refractivity contribution in [3.63, 3.8) is 0 Å². The number of nitrogens with one attached hydrogen (secondary N) is 1. The molecule has 29 heavy (non-hydrogen) atoms. The standard InChI is InChI=1S/C16H16Cl2FN3O6S/c17-8-1-7(29-14(8)18)5-26-10-2-12(28-11(10)6-27-13(23)3-20)22-4-9(19)15(24)21-16(22)25/h1,4,10-12H,2-3,5-6,20H2,(H,21,24,25)/t10-,11+,12+/m0/s1. The highest BCUT2D eigenvalue weighted by atomic mass is 35.5. The number of ether oxygens (including phenoxy) is 3. The monoisotopic (exact) mass is 467 g/mol. The van der Waals surface area contributed by atoms with Crippen molar-refractivity contribution >= 4 is 40.5 Å². The third-order valence-corrected chi connectivity index (χ3v) is 5.97. The molecule has 13 heteroatoms. The maximum atomic E-state index is 13.6. The molecule has 3 atom stereocenters. The number of rotatable bonds is 7. The summed E-state index contributed by atoms with van der Waals surface area (Å²) in [7, 11) is 0. The van der Waals surface area contributed by atoms with E-state index in [1.807, 2.05) is 4.98 Å². The molecule has 0 bridgehead atoms.